The van der Waals surface area contributed by atoms with Crippen LogP contribution in [0, 0.1) is 0 Å². The van der Waals surface area contributed by atoms with E-state index in [0.717, 1.165) is 18.4 Å². The molecule has 1 aliphatic rings. The van der Waals surface area contributed by atoms with Gasteiger partial charge in [-0.25, -0.2) is 4.79 Å². The average Bonchev–Trinajstić information content (AvgIpc) is 3.07. The Balaban J connectivity index is 1.79. The predicted molar refractivity (Wildman–Crippen MR) is 101 cm³/mol. The zero-order valence-corrected chi connectivity index (χ0v) is 17.2. The number of halogens is 5. The third kappa shape index (κ3) is 7.00. The second-order valence-electron chi connectivity index (χ2n) is 8.24. The van der Waals surface area contributed by atoms with E-state index in [9.17, 15) is 26.7 Å². The number of hydrogen-bond acceptors (Lipinski definition) is 4. The zero-order valence-electron chi connectivity index (χ0n) is 17.2. The van der Waals surface area contributed by atoms with Crippen LogP contribution in [-0.2, 0) is 11.3 Å². The standard InChI is InChI=1S/C20H27F5N2O3/c1-18(2,3)30-17(28)27-10-4-5-15(27)12-26-11-14-6-8-16(9-7-14)29-13-19(21,22)20(23,24)25/h6-9,15,26H,4-5,10-13H2,1-3H3. The van der Waals surface area contributed by atoms with Crippen LogP contribution in [0.4, 0.5) is 26.7 Å². The lowest BCUT2D eigenvalue weighted by molar-refractivity contribution is -0.290. The third-order valence-electron chi connectivity index (χ3n) is 4.47. The van der Waals surface area contributed by atoms with Crippen molar-refractivity contribution in [2.45, 2.75) is 63.9 Å². The van der Waals surface area contributed by atoms with Crippen LogP contribution in [0.5, 0.6) is 5.75 Å². The number of nitrogens with zero attached hydrogens (tertiary/aromatic N) is 1. The van der Waals surface area contributed by atoms with Crippen molar-refractivity contribution in [2.24, 2.45) is 0 Å². The maximum atomic E-state index is 12.9. The Morgan fingerprint density at radius 1 is 1.13 bits per heavy atom. The molecule has 0 saturated carbocycles. The summed E-state index contributed by atoms with van der Waals surface area (Å²) < 4.78 is 72.2. The average molecular weight is 438 g/mol. The van der Waals surface area contributed by atoms with E-state index in [2.05, 4.69) is 10.1 Å². The molecule has 2 rings (SSSR count). The van der Waals surface area contributed by atoms with Gasteiger partial charge in [0.2, 0.25) is 0 Å². The number of hydrogen-bond donors (Lipinski definition) is 1. The zero-order chi connectivity index (χ0) is 22.6. The van der Waals surface area contributed by atoms with Gasteiger partial charge in [-0.1, -0.05) is 12.1 Å². The van der Waals surface area contributed by atoms with Gasteiger partial charge in [0.25, 0.3) is 0 Å². The first kappa shape index (κ1) is 24.2. The van der Waals surface area contributed by atoms with Crippen LogP contribution in [0.1, 0.15) is 39.2 Å². The monoisotopic (exact) mass is 438 g/mol. The fraction of sp³-hybridized carbons (Fsp3) is 0.650. The highest BCUT2D eigenvalue weighted by atomic mass is 19.4. The van der Waals surface area contributed by atoms with Gasteiger partial charge in [0, 0.05) is 25.7 Å². The summed E-state index contributed by atoms with van der Waals surface area (Å²) in [5.74, 6) is -4.98. The van der Waals surface area contributed by atoms with Crippen LogP contribution >= 0.6 is 0 Å². The Kier molecular flexibility index (Phi) is 7.54. The number of carbonyl (C=O) groups is 1. The first-order valence-corrected chi connectivity index (χ1v) is 9.65. The minimum Gasteiger partial charge on any atom is -0.487 e. The second-order valence-corrected chi connectivity index (χ2v) is 8.24. The Labute approximate surface area is 172 Å². The summed E-state index contributed by atoms with van der Waals surface area (Å²) in [6.07, 6.45) is -4.25. The number of alkyl halides is 5. The highest BCUT2D eigenvalue weighted by Gasteiger charge is 2.58. The molecule has 1 atom stereocenters. The van der Waals surface area contributed by atoms with Crippen molar-refractivity contribution < 1.29 is 36.2 Å². The van der Waals surface area contributed by atoms with Crippen molar-refractivity contribution in [3.63, 3.8) is 0 Å². The van der Waals surface area contributed by atoms with E-state index in [1.54, 1.807) is 17.0 Å². The van der Waals surface area contributed by atoms with Gasteiger partial charge in [-0.15, -0.1) is 0 Å². The normalized spacial score (nSPS) is 17.9. The molecule has 1 aliphatic heterocycles. The Morgan fingerprint density at radius 3 is 2.33 bits per heavy atom. The van der Waals surface area contributed by atoms with E-state index in [0.29, 0.717) is 19.6 Å². The summed E-state index contributed by atoms with van der Waals surface area (Å²) >= 11 is 0. The van der Waals surface area contributed by atoms with Crippen LogP contribution < -0.4 is 10.1 Å². The lowest BCUT2D eigenvalue weighted by Crippen LogP contribution is -2.44. The van der Waals surface area contributed by atoms with Gasteiger partial charge in [0.15, 0.2) is 6.61 Å². The lowest BCUT2D eigenvalue weighted by atomic mass is 10.2. The molecule has 0 spiro atoms. The molecule has 0 bridgehead atoms. The highest BCUT2D eigenvalue weighted by Crippen LogP contribution is 2.35. The molecule has 1 amide bonds. The SMILES string of the molecule is CC(C)(C)OC(=O)N1CCCC1CNCc1ccc(OCC(F)(F)C(F)(F)F)cc1. The number of amides is 1. The van der Waals surface area contributed by atoms with E-state index >= 15 is 0 Å². The second kappa shape index (κ2) is 9.36. The maximum absolute atomic E-state index is 12.9. The first-order chi connectivity index (χ1) is 13.8. The van der Waals surface area contributed by atoms with Gasteiger partial charge >= 0.3 is 18.2 Å². The van der Waals surface area contributed by atoms with E-state index in [1.165, 1.54) is 12.1 Å². The fourth-order valence-corrected chi connectivity index (χ4v) is 2.95. The van der Waals surface area contributed by atoms with Gasteiger partial charge in [0.1, 0.15) is 11.4 Å². The van der Waals surface area contributed by atoms with Crippen molar-refractivity contribution in [1.29, 1.82) is 0 Å². The van der Waals surface area contributed by atoms with Gasteiger partial charge in [0.05, 0.1) is 0 Å². The van der Waals surface area contributed by atoms with Crippen LogP contribution in [-0.4, -0.2) is 54.4 Å². The first-order valence-electron chi connectivity index (χ1n) is 9.65. The van der Waals surface area contributed by atoms with E-state index in [1.807, 2.05) is 20.8 Å². The van der Waals surface area contributed by atoms with E-state index in [-0.39, 0.29) is 17.9 Å². The largest absolute Gasteiger partial charge is 0.487 e. The summed E-state index contributed by atoms with van der Waals surface area (Å²) in [7, 11) is 0. The maximum Gasteiger partial charge on any atom is 0.456 e. The number of rotatable bonds is 7. The van der Waals surface area contributed by atoms with Crippen LogP contribution in [0.15, 0.2) is 24.3 Å². The highest BCUT2D eigenvalue weighted by molar-refractivity contribution is 5.69. The van der Waals surface area contributed by atoms with Crippen molar-refractivity contribution >= 4 is 6.09 Å². The number of ether oxygens (including phenoxy) is 2. The molecular formula is C20H27F5N2O3. The molecule has 1 aromatic rings. The summed E-state index contributed by atoms with van der Waals surface area (Å²) in [5, 5.41) is 3.23. The van der Waals surface area contributed by atoms with Crippen LogP contribution in [0.2, 0.25) is 0 Å². The molecule has 1 fully saturated rings. The summed E-state index contributed by atoms with van der Waals surface area (Å²) in [5.41, 5.74) is 0.234. The molecule has 1 N–H and O–H groups in total. The van der Waals surface area contributed by atoms with Crippen LogP contribution in [0.25, 0.3) is 0 Å². The van der Waals surface area contributed by atoms with Gasteiger partial charge in [-0.3, -0.25) is 0 Å². The minimum absolute atomic E-state index is 0.00653. The summed E-state index contributed by atoms with van der Waals surface area (Å²) in [6, 6.07) is 5.84. The predicted octanol–water partition coefficient (Wildman–Crippen LogP) is 4.75. The molecular weight excluding hydrogens is 411 g/mol. The molecule has 5 nitrogen and oxygen atoms in total. The molecule has 30 heavy (non-hydrogen) atoms. The lowest BCUT2D eigenvalue weighted by Gasteiger charge is -2.28. The topological polar surface area (TPSA) is 50.8 Å². The van der Waals surface area contributed by atoms with E-state index in [4.69, 9.17) is 4.74 Å². The van der Waals surface area contributed by atoms with Crippen molar-refractivity contribution in [1.82, 2.24) is 10.2 Å². The molecule has 0 aliphatic carbocycles. The Bertz CT molecular complexity index is 702. The van der Waals surface area contributed by atoms with Crippen LogP contribution in [0.3, 0.4) is 0 Å². The number of nitrogens with one attached hydrogen (secondary N) is 1. The summed E-state index contributed by atoms with van der Waals surface area (Å²) in [6.45, 7) is 5.29. The van der Waals surface area contributed by atoms with Gasteiger partial charge in [-0.05, 0) is 51.3 Å². The Morgan fingerprint density at radius 2 is 1.77 bits per heavy atom. The smallest absolute Gasteiger partial charge is 0.456 e. The number of likely N-dealkylation sites (tertiary alicyclic amines) is 1. The van der Waals surface area contributed by atoms with Crippen molar-refractivity contribution in [2.75, 3.05) is 19.7 Å². The van der Waals surface area contributed by atoms with Gasteiger partial charge in [-0.2, -0.15) is 22.0 Å². The van der Waals surface area contributed by atoms with E-state index < -0.39 is 24.3 Å². The molecule has 170 valence electrons. The molecule has 0 aromatic heterocycles. The molecule has 10 heteroatoms. The van der Waals surface area contributed by atoms with Crippen molar-refractivity contribution in [3.05, 3.63) is 29.8 Å². The Hall–Kier alpha value is -2.10. The number of benzene rings is 1. The fourth-order valence-electron chi connectivity index (χ4n) is 2.95. The van der Waals surface area contributed by atoms with Crippen molar-refractivity contribution in [3.8, 4) is 5.75 Å². The summed E-state index contributed by atoms with van der Waals surface area (Å²) in [4.78, 5) is 14.0. The number of carbonyl (C=O) groups excluding carboxylic acids is 1. The quantitative estimate of drug-likeness (QED) is 0.624. The third-order valence-corrected chi connectivity index (χ3v) is 4.47. The minimum atomic E-state index is -5.65. The molecule has 1 aromatic carbocycles. The molecule has 1 heterocycles. The molecule has 1 saturated heterocycles. The molecule has 0 radical (unpaired) electrons. The van der Waals surface area contributed by atoms with Gasteiger partial charge < -0.3 is 19.7 Å². The molecule has 1 unspecified atom stereocenters.